The van der Waals surface area contributed by atoms with Crippen LogP contribution in [0.3, 0.4) is 0 Å². The van der Waals surface area contributed by atoms with E-state index < -0.39 is 0 Å². The number of ether oxygens (including phenoxy) is 1. The van der Waals surface area contributed by atoms with E-state index in [4.69, 9.17) is 4.74 Å². The van der Waals surface area contributed by atoms with Gasteiger partial charge in [0.2, 0.25) is 5.91 Å². The number of carbonyl (C=O) groups excluding carboxylic acids is 1. The molecule has 1 amide bonds. The lowest BCUT2D eigenvalue weighted by Gasteiger charge is -2.34. The van der Waals surface area contributed by atoms with Crippen molar-refractivity contribution in [2.24, 2.45) is 5.92 Å². The predicted molar refractivity (Wildman–Crippen MR) is 71.4 cm³/mol. The number of nitrogens with one attached hydrogen (secondary N) is 1. The fourth-order valence-electron chi connectivity index (χ4n) is 3.09. The molecule has 0 radical (unpaired) electrons. The van der Waals surface area contributed by atoms with Crippen LogP contribution in [0.4, 0.5) is 0 Å². The summed E-state index contributed by atoms with van der Waals surface area (Å²) in [6.07, 6.45) is 6.56. The van der Waals surface area contributed by atoms with E-state index in [0.29, 0.717) is 12.5 Å². The first-order chi connectivity index (χ1) is 8.68. The number of hydrogen-bond acceptors (Lipinski definition) is 3. The molecule has 0 spiro atoms. The minimum Gasteiger partial charge on any atom is -0.375 e. The topological polar surface area (TPSA) is 41.6 Å². The minimum absolute atomic E-state index is 0.0138. The van der Waals surface area contributed by atoms with E-state index in [1.165, 1.54) is 32.1 Å². The van der Waals surface area contributed by atoms with Gasteiger partial charge in [-0.05, 0) is 25.7 Å². The SMILES string of the molecule is C[C@H]1OCCN[C@@H]1C(=O)N(C)CC1CCCCC1. The number of nitrogens with zero attached hydrogens (tertiary/aromatic N) is 1. The largest absolute Gasteiger partial charge is 0.375 e. The molecule has 1 saturated heterocycles. The molecule has 4 nitrogen and oxygen atoms in total. The van der Waals surface area contributed by atoms with Crippen LogP contribution in [0.15, 0.2) is 0 Å². The standard InChI is InChI=1S/C14H26N2O2/c1-11-13(15-8-9-18-11)14(17)16(2)10-12-6-4-3-5-7-12/h11-13,15H,3-10H2,1-2H3/t11-,13+/m1/s1. The quantitative estimate of drug-likeness (QED) is 0.828. The third-order valence-electron chi connectivity index (χ3n) is 4.22. The smallest absolute Gasteiger partial charge is 0.242 e. The maximum absolute atomic E-state index is 12.4. The van der Waals surface area contributed by atoms with E-state index in [0.717, 1.165) is 13.1 Å². The van der Waals surface area contributed by atoms with Gasteiger partial charge in [-0.15, -0.1) is 0 Å². The highest BCUT2D eigenvalue weighted by molar-refractivity contribution is 5.82. The van der Waals surface area contributed by atoms with E-state index in [2.05, 4.69) is 5.32 Å². The van der Waals surface area contributed by atoms with Gasteiger partial charge in [-0.25, -0.2) is 0 Å². The molecule has 1 heterocycles. The van der Waals surface area contributed by atoms with Crippen LogP contribution in [-0.2, 0) is 9.53 Å². The van der Waals surface area contributed by atoms with Crippen LogP contribution in [0.5, 0.6) is 0 Å². The van der Waals surface area contributed by atoms with Crippen molar-refractivity contribution < 1.29 is 9.53 Å². The van der Waals surface area contributed by atoms with Gasteiger partial charge in [0.05, 0.1) is 12.7 Å². The molecule has 1 saturated carbocycles. The van der Waals surface area contributed by atoms with Crippen LogP contribution in [0, 0.1) is 5.92 Å². The summed E-state index contributed by atoms with van der Waals surface area (Å²) in [4.78, 5) is 14.3. The summed E-state index contributed by atoms with van der Waals surface area (Å²) < 4.78 is 5.54. The second-order valence-corrected chi connectivity index (χ2v) is 5.73. The third kappa shape index (κ3) is 3.45. The Hall–Kier alpha value is -0.610. The van der Waals surface area contributed by atoms with Crippen LogP contribution < -0.4 is 5.32 Å². The molecular formula is C14H26N2O2. The minimum atomic E-state index is -0.160. The molecule has 1 N–H and O–H groups in total. The molecule has 2 fully saturated rings. The van der Waals surface area contributed by atoms with Crippen molar-refractivity contribution >= 4 is 5.91 Å². The first kappa shape index (κ1) is 13.8. The average molecular weight is 254 g/mol. The fourth-order valence-corrected chi connectivity index (χ4v) is 3.09. The van der Waals surface area contributed by atoms with Gasteiger partial charge in [0.1, 0.15) is 6.04 Å². The first-order valence-corrected chi connectivity index (χ1v) is 7.28. The van der Waals surface area contributed by atoms with E-state index >= 15 is 0 Å². The molecule has 2 atom stereocenters. The van der Waals surface area contributed by atoms with E-state index in [1.54, 1.807) is 0 Å². The Balaban J connectivity index is 1.83. The van der Waals surface area contributed by atoms with Gasteiger partial charge in [0.25, 0.3) is 0 Å². The lowest BCUT2D eigenvalue weighted by Crippen LogP contribution is -2.56. The molecule has 18 heavy (non-hydrogen) atoms. The lowest BCUT2D eigenvalue weighted by atomic mass is 9.89. The van der Waals surface area contributed by atoms with Crippen LogP contribution in [0.2, 0.25) is 0 Å². The highest BCUT2D eigenvalue weighted by Gasteiger charge is 2.31. The summed E-state index contributed by atoms with van der Waals surface area (Å²) in [5.74, 6) is 0.889. The molecule has 1 aliphatic heterocycles. The lowest BCUT2D eigenvalue weighted by molar-refractivity contribution is -0.138. The molecule has 0 aromatic heterocycles. The Morgan fingerprint density at radius 2 is 2.06 bits per heavy atom. The maximum atomic E-state index is 12.4. The average Bonchev–Trinajstić information content (AvgIpc) is 2.39. The number of hydrogen-bond donors (Lipinski definition) is 1. The van der Waals surface area contributed by atoms with E-state index in [1.807, 2.05) is 18.9 Å². The zero-order valence-corrected chi connectivity index (χ0v) is 11.7. The summed E-state index contributed by atoms with van der Waals surface area (Å²) in [6.45, 7) is 4.36. The van der Waals surface area contributed by atoms with Crippen LogP contribution in [0.25, 0.3) is 0 Å². The van der Waals surface area contributed by atoms with Crippen molar-refractivity contribution in [2.45, 2.75) is 51.2 Å². The third-order valence-corrected chi connectivity index (χ3v) is 4.22. The summed E-state index contributed by atoms with van der Waals surface area (Å²) in [6, 6.07) is -0.160. The van der Waals surface area contributed by atoms with Crippen LogP contribution in [-0.4, -0.2) is 49.7 Å². The van der Waals surface area contributed by atoms with Crippen molar-refractivity contribution in [2.75, 3.05) is 26.7 Å². The summed E-state index contributed by atoms with van der Waals surface area (Å²) in [5, 5.41) is 3.27. The Labute approximate surface area is 110 Å². The van der Waals surface area contributed by atoms with Gasteiger partial charge < -0.3 is 15.0 Å². The van der Waals surface area contributed by atoms with Gasteiger partial charge >= 0.3 is 0 Å². The predicted octanol–water partition coefficient (Wildman–Crippen LogP) is 1.40. The fraction of sp³-hybridized carbons (Fsp3) is 0.929. The number of morpholine rings is 1. The van der Waals surface area contributed by atoms with Crippen molar-refractivity contribution in [3.8, 4) is 0 Å². The number of rotatable bonds is 3. The van der Waals surface area contributed by atoms with Gasteiger partial charge in [-0.2, -0.15) is 0 Å². The van der Waals surface area contributed by atoms with E-state index in [9.17, 15) is 4.79 Å². The molecule has 2 aliphatic rings. The maximum Gasteiger partial charge on any atom is 0.242 e. The second kappa shape index (κ2) is 6.53. The summed E-state index contributed by atoms with van der Waals surface area (Å²) in [5.41, 5.74) is 0. The first-order valence-electron chi connectivity index (χ1n) is 7.28. The van der Waals surface area contributed by atoms with Gasteiger partial charge in [-0.1, -0.05) is 19.3 Å². The molecule has 1 aliphatic carbocycles. The Kier molecular flexibility index (Phi) is 5.01. The molecule has 0 aromatic rings. The van der Waals surface area contributed by atoms with E-state index in [-0.39, 0.29) is 18.1 Å². The monoisotopic (exact) mass is 254 g/mol. The zero-order valence-electron chi connectivity index (χ0n) is 11.7. The summed E-state index contributed by atoms with van der Waals surface area (Å²) >= 11 is 0. The molecular weight excluding hydrogens is 228 g/mol. The molecule has 0 aromatic carbocycles. The van der Waals surface area contributed by atoms with Gasteiger partial charge in [0, 0.05) is 20.1 Å². The number of amides is 1. The molecule has 0 unspecified atom stereocenters. The normalized spacial score (nSPS) is 30.1. The number of likely N-dealkylation sites (N-methyl/N-ethyl adjacent to an activating group) is 1. The van der Waals surface area contributed by atoms with Crippen molar-refractivity contribution in [3.63, 3.8) is 0 Å². The van der Waals surface area contributed by atoms with Crippen LogP contribution >= 0.6 is 0 Å². The van der Waals surface area contributed by atoms with Gasteiger partial charge in [-0.3, -0.25) is 4.79 Å². The molecule has 104 valence electrons. The Bertz CT molecular complexity index is 277. The molecule has 0 bridgehead atoms. The molecule has 4 heteroatoms. The van der Waals surface area contributed by atoms with Crippen molar-refractivity contribution in [1.29, 1.82) is 0 Å². The summed E-state index contributed by atoms with van der Waals surface area (Å²) in [7, 11) is 1.93. The molecule has 2 rings (SSSR count). The Morgan fingerprint density at radius 3 is 2.72 bits per heavy atom. The zero-order chi connectivity index (χ0) is 13.0. The van der Waals surface area contributed by atoms with Crippen molar-refractivity contribution in [1.82, 2.24) is 10.2 Å². The highest BCUT2D eigenvalue weighted by atomic mass is 16.5. The van der Waals surface area contributed by atoms with Crippen LogP contribution in [0.1, 0.15) is 39.0 Å². The second-order valence-electron chi connectivity index (χ2n) is 5.73. The number of carbonyl (C=O) groups is 1. The van der Waals surface area contributed by atoms with Gasteiger partial charge in [0.15, 0.2) is 0 Å². The van der Waals surface area contributed by atoms with Crippen molar-refractivity contribution in [3.05, 3.63) is 0 Å². The Morgan fingerprint density at radius 1 is 1.33 bits per heavy atom. The highest BCUT2D eigenvalue weighted by Crippen LogP contribution is 2.24.